The van der Waals surface area contributed by atoms with E-state index in [1.807, 2.05) is 45.9 Å². The topological polar surface area (TPSA) is 76.2 Å². The molecule has 0 bridgehead atoms. The number of piperazine rings is 1. The normalized spacial score (nSPS) is 19.4. The highest BCUT2D eigenvalue weighted by atomic mass is 32.2. The summed E-state index contributed by atoms with van der Waals surface area (Å²) in [6.07, 6.45) is -0.720. The summed E-state index contributed by atoms with van der Waals surface area (Å²) in [5.41, 5.74) is 3.50. The van der Waals surface area contributed by atoms with Crippen LogP contribution in [0.3, 0.4) is 0 Å². The molecule has 2 aromatic carbocycles. The number of ether oxygens (including phenoxy) is 2. The number of carbonyl (C=O) groups excluding carboxylic acids is 1. The molecule has 2 aliphatic heterocycles. The second-order valence-electron chi connectivity index (χ2n) is 8.18. The zero-order valence-electron chi connectivity index (χ0n) is 18.3. The molecule has 7 nitrogen and oxygen atoms in total. The van der Waals surface area contributed by atoms with Crippen molar-refractivity contribution in [3.63, 3.8) is 0 Å². The largest absolute Gasteiger partial charge is 0.485 e. The van der Waals surface area contributed by atoms with Gasteiger partial charge < -0.3 is 14.4 Å². The molecule has 166 valence electrons. The summed E-state index contributed by atoms with van der Waals surface area (Å²) in [6.45, 7) is 8.87. The molecule has 0 spiro atoms. The van der Waals surface area contributed by atoms with Crippen molar-refractivity contribution < 1.29 is 22.7 Å². The van der Waals surface area contributed by atoms with E-state index >= 15 is 0 Å². The second-order valence-corrected chi connectivity index (χ2v) is 10.1. The molecule has 4 rings (SSSR count). The lowest BCUT2D eigenvalue weighted by Crippen LogP contribution is -2.55. The van der Waals surface area contributed by atoms with Gasteiger partial charge in [0.15, 0.2) is 11.5 Å². The smallest absolute Gasteiger partial charge is 0.267 e. The van der Waals surface area contributed by atoms with Crippen LogP contribution in [0.4, 0.5) is 0 Å². The Morgan fingerprint density at radius 3 is 2.13 bits per heavy atom. The van der Waals surface area contributed by atoms with E-state index < -0.39 is 16.1 Å². The molecule has 1 saturated heterocycles. The van der Waals surface area contributed by atoms with Crippen LogP contribution in [0.1, 0.15) is 22.3 Å². The van der Waals surface area contributed by atoms with Crippen LogP contribution >= 0.6 is 0 Å². The van der Waals surface area contributed by atoms with Gasteiger partial charge in [-0.15, -0.1) is 0 Å². The zero-order valence-corrected chi connectivity index (χ0v) is 19.2. The molecule has 2 aromatic rings. The Bertz CT molecular complexity index is 1090. The summed E-state index contributed by atoms with van der Waals surface area (Å²) in [5.74, 6) is 1.00. The van der Waals surface area contributed by atoms with E-state index in [2.05, 4.69) is 0 Å². The van der Waals surface area contributed by atoms with Gasteiger partial charge in [0.25, 0.3) is 5.91 Å². The van der Waals surface area contributed by atoms with Crippen molar-refractivity contribution in [2.75, 3.05) is 32.8 Å². The standard InChI is InChI=1S/C23H28N2O5S/c1-15-13-16(2)18(4)22(17(15)3)31(27,28)25-11-9-24(10-12-25)23(26)21-14-29-19-7-5-6-8-20(19)30-21/h5-8,13,21H,9-12,14H2,1-4H3/t21-/m1/s1. The van der Waals surface area contributed by atoms with Crippen molar-refractivity contribution in [3.8, 4) is 11.5 Å². The number of para-hydroxylation sites is 2. The highest BCUT2D eigenvalue weighted by Gasteiger charge is 2.36. The van der Waals surface area contributed by atoms with E-state index in [9.17, 15) is 13.2 Å². The number of aryl methyl sites for hydroxylation is 2. The van der Waals surface area contributed by atoms with Crippen molar-refractivity contribution >= 4 is 15.9 Å². The molecule has 1 atom stereocenters. The zero-order chi connectivity index (χ0) is 22.3. The Kier molecular flexibility index (Phi) is 5.70. The van der Waals surface area contributed by atoms with Crippen LogP contribution in [-0.4, -0.2) is 62.4 Å². The molecule has 8 heteroatoms. The number of hydrogen-bond acceptors (Lipinski definition) is 5. The Hall–Kier alpha value is -2.58. The lowest BCUT2D eigenvalue weighted by atomic mass is 10.0. The fourth-order valence-corrected chi connectivity index (χ4v) is 6.19. The minimum atomic E-state index is -3.64. The first-order chi connectivity index (χ1) is 14.7. The van der Waals surface area contributed by atoms with Crippen LogP contribution < -0.4 is 9.47 Å². The highest BCUT2D eigenvalue weighted by molar-refractivity contribution is 7.89. The van der Waals surface area contributed by atoms with Crippen molar-refractivity contribution in [3.05, 3.63) is 52.6 Å². The third kappa shape index (κ3) is 3.90. The molecule has 0 radical (unpaired) electrons. The molecule has 0 aliphatic carbocycles. The number of amides is 1. The molecule has 1 fully saturated rings. The van der Waals surface area contributed by atoms with Gasteiger partial charge in [0.05, 0.1) is 4.90 Å². The van der Waals surface area contributed by atoms with E-state index in [1.165, 1.54) is 4.31 Å². The van der Waals surface area contributed by atoms with Gasteiger partial charge in [-0.3, -0.25) is 4.79 Å². The van der Waals surface area contributed by atoms with E-state index in [4.69, 9.17) is 9.47 Å². The number of nitrogens with zero attached hydrogens (tertiary/aromatic N) is 2. The third-order valence-electron chi connectivity index (χ3n) is 6.23. The van der Waals surface area contributed by atoms with Crippen LogP contribution in [0.2, 0.25) is 0 Å². The molecule has 2 aliphatic rings. The number of carbonyl (C=O) groups is 1. The summed E-state index contributed by atoms with van der Waals surface area (Å²) in [5, 5.41) is 0. The Labute approximate surface area is 183 Å². The molecule has 0 saturated carbocycles. The number of sulfonamides is 1. The van der Waals surface area contributed by atoms with Crippen LogP contribution in [0.25, 0.3) is 0 Å². The third-order valence-corrected chi connectivity index (χ3v) is 8.40. The molecule has 1 amide bonds. The first kappa shape index (κ1) is 21.6. The van der Waals surface area contributed by atoms with Gasteiger partial charge >= 0.3 is 0 Å². The van der Waals surface area contributed by atoms with Crippen LogP contribution in [0.15, 0.2) is 35.2 Å². The van der Waals surface area contributed by atoms with E-state index in [1.54, 1.807) is 17.0 Å². The Morgan fingerprint density at radius 2 is 1.52 bits per heavy atom. The molecular weight excluding hydrogens is 416 g/mol. The lowest BCUT2D eigenvalue weighted by Gasteiger charge is -2.37. The van der Waals surface area contributed by atoms with Crippen molar-refractivity contribution in [2.24, 2.45) is 0 Å². The number of hydrogen-bond donors (Lipinski definition) is 0. The predicted octanol–water partition coefficient (Wildman–Crippen LogP) is 2.59. The maximum atomic E-state index is 13.4. The lowest BCUT2D eigenvalue weighted by molar-refractivity contribution is -0.142. The predicted molar refractivity (Wildman–Crippen MR) is 117 cm³/mol. The number of benzene rings is 2. The van der Waals surface area contributed by atoms with Gasteiger partial charge in [-0.25, -0.2) is 8.42 Å². The summed E-state index contributed by atoms with van der Waals surface area (Å²) >= 11 is 0. The van der Waals surface area contributed by atoms with E-state index in [0.717, 1.165) is 22.3 Å². The van der Waals surface area contributed by atoms with Crippen molar-refractivity contribution in [1.29, 1.82) is 0 Å². The molecule has 31 heavy (non-hydrogen) atoms. The van der Waals surface area contributed by atoms with Gasteiger partial charge in [0.1, 0.15) is 6.61 Å². The van der Waals surface area contributed by atoms with Crippen molar-refractivity contribution in [1.82, 2.24) is 9.21 Å². The first-order valence-electron chi connectivity index (χ1n) is 10.4. The van der Waals surface area contributed by atoms with Crippen molar-refractivity contribution in [2.45, 2.75) is 38.7 Å². The second kappa shape index (κ2) is 8.16. The monoisotopic (exact) mass is 444 g/mol. The van der Waals surface area contributed by atoms with Gasteiger partial charge in [0, 0.05) is 26.2 Å². The quantitative estimate of drug-likeness (QED) is 0.727. The summed E-state index contributed by atoms with van der Waals surface area (Å²) in [4.78, 5) is 15.0. The maximum absolute atomic E-state index is 13.4. The SMILES string of the molecule is Cc1cc(C)c(C)c(S(=O)(=O)N2CCN(C(=O)[C@H]3COc4ccccc4O3)CC2)c1C. The first-order valence-corrected chi connectivity index (χ1v) is 11.9. The van der Waals surface area contributed by atoms with Gasteiger partial charge in [0.2, 0.25) is 16.1 Å². The average Bonchev–Trinajstić information content (AvgIpc) is 2.77. The molecular formula is C23H28N2O5S. The minimum absolute atomic E-state index is 0.148. The van der Waals surface area contributed by atoms with Gasteiger partial charge in [-0.05, 0) is 62.1 Å². The molecule has 0 N–H and O–H groups in total. The summed E-state index contributed by atoms with van der Waals surface area (Å²) < 4.78 is 39.8. The van der Waals surface area contributed by atoms with Crippen LogP contribution in [-0.2, 0) is 14.8 Å². The fraction of sp³-hybridized carbons (Fsp3) is 0.435. The van der Waals surface area contributed by atoms with Gasteiger partial charge in [-0.2, -0.15) is 4.31 Å². The summed E-state index contributed by atoms with van der Waals surface area (Å²) in [6, 6.07) is 9.27. The molecule has 0 unspecified atom stereocenters. The Morgan fingerprint density at radius 1 is 0.935 bits per heavy atom. The fourth-order valence-electron chi connectivity index (χ4n) is 4.19. The van der Waals surface area contributed by atoms with E-state index in [-0.39, 0.29) is 25.6 Å². The molecule has 0 aromatic heterocycles. The molecule has 2 heterocycles. The highest BCUT2D eigenvalue weighted by Crippen LogP contribution is 2.32. The number of fused-ring (bicyclic) bond motifs is 1. The Balaban J connectivity index is 1.46. The minimum Gasteiger partial charge on any atom is -0.485 e. The van der Waals surface area contributed by atoms with E-state index in [0.29, 0.717) is 29.5 Å². The average molecular weight is 445 g/mol. The van der Waals surface area contributed by atoms with Crippen LogP contribution in [0, 0.1) is 27.7 Å². The van der Waals surface area contributed by atoms with Crippen LogP contribution in [0.5, 0.6) is 11.5 Å². The maximum Gasteiger partial charge on any atom is 0.267 e. The number of rotatable bonds is 3. The van der Waals surface area contributed by atoms with Gasteiger partial charge in [-0.1, -0.05) is 18.2 Å². The summed E-state index contributed by atoms with van der Waals surface area (Å²) in [7, 11) is -3.64.